The average molecular weight is 592 g/mol. The van der Waals surface area contributed by atoms with Crippen molar-refractivity contribution in [1.82, 2.24) is 4.98 Å². The molecule has 0 saturated heterocycles. The third-order valence-corrected chi connectivity index (χ3v) is 6.86. The average Bonchev–Trinajstić information content (AvgIpc) is 3.24. The van der Waals surface area contributed by atoms with Crippen LogP contribution in [0.25, 0.3) is 10.2 Å². The zero-order valence-electron chi connectivity index (χ0n) is 20.7. The highest BCUT2D eigenvalue weighted by molar-refractivity contribution is 7.22. The van der Waals surface area contributed by atoms with Crippen LogP contribution in [-0.4, -0.2) is 28.9 Å². The summed E-state index contributed by atoms with van der Waals surface area (Å²) in [5.74, 6) is -3.85. The number of hydrogen-bond donors (Lipinski definition) is 2. The van der Waals surface area contributed by atoms with Gasteiger partial charge in [-0.25, -0.2) is 13.8 Å². The van der Waals surface area contributed by atoms with Gasteiger partial charge in [0.05, 0.1) is 28.2 Å². The molecule has 1 aromatic heterocycles. The lowest BCUT2D eigenvalue weighted by Crippen LogP contribution is -2.34. The van der Waals surface area contributed by atoms with Crippen molar-refractivity contribution in [2.45, 2.75) is 25.6 Å². The standard InChI is InChI=1S/C27H18F5N3O5S/c28-18-5-4-16(10-20(18)33-24(37)7-13-2-1-3-17(6-13)40-27(30,31)32)39-22-12-23-21(11-19(22)29)34-26(41-23)35-25(38)14-8-15(36)9-14/h1-6,10-12,14H,7-9H2,(H,33,37)(H,34,35,38). The topological polar surface area (TPSA) is 107 Å². The maximum atomic E-state index is 14.8. The SMILES string of the molecule is O=C1CC(C(=O)Nc2nc3cc(F)c(Oc4ccc(F)c(NC(=O)Cc5cccc(OC(F)(F)F)c5)c4)cc3s2)C1. The number of thiazole rings is 1. The predicted octanol–water partition coefficient (Wildman–Crippen LogP) is 6.36. The van der Waals surface area contributed by atoms with E-state index in [9.17, 15) is 36.3 Å². The summed E-state index contributed by atoms with van der Waals surface area (Å²) in [5.41, 5.74) is 0.152. The molecule has 41 heavy (non-hydrogen) atoms. The number of benzene rings is 3. The highest BCUT2D eigenvalue weighted by atomic mass is 32.1. The molecule has 2 N–H and O–H groups in total. The molecule has 1 fully saturated rings. The monoisotopic (exact) mass is 591 g/mol. The number of carbonyl (C=O) groups excluding carboxylic acids is 3. The Morgan fingerprint density at radius 2 is 1.76 bits per heavy atom. The molecular weight excluding hydrogens is 573 g/mol. The number of ether oxygens (including phenoxy) is 2. The van der Waals surface area contributed by atoms with E-state index in [-0.39, 0.29) is 64.4 Å². The molecule has 0 radical (unpaired) electrons. The molecule has 1 aliphatic carbocycles. The third-order valence-electron chi connectivity index (χ3n) is 5.93. The van der Waals surface area contributed by atoms with Gasteiger partial charge in [0.15, 0.2) is 16.7 Å². The van der Waals surface area contributed by atoms with Crippen LogP contribution in [0.2, 0.25) is 0 Å². The Bertz CT molecular complexity index is 1670. The lowest BCUT2D eigenvalue weighted by molar-refractivity contribution is -0.274. The van der Waals surface area contributed by atoms with Gasteiger partial charge in [-0.3, -0.25) is 14.4 Å². The first-order chi connectivity index (χ1) is 19.4. The van der Waals surface area contributed by atoms with Crippen LogP contribution in [0.4, 0.5) is 32.8 Å². The van der Waals surface area contributed by atoms with Crippen LogP contribution in [0.3, 0.4) is 0 Å². The molecule has 8 nitrogen and oxygen atoms in total. The van der Waals surface area contributed by atoms with E-state index in [1.807, 2.05) is 0 Å². The lowest BCUT2D eigenvalue weighted by Gasteiger charge is -2.21. The highest BCUT2D eigenvalue weighted by Gasteiger charge is 2.33. The Labute approximate surface area is 232 Å². The Morgan fingerprint density at radius 1 is 0.976 bits per heavy atom. The van der Waals surface area contributed by atoms with Crippen LogP contribution in [0.1, 0.15) is 18.4 Å². The number of anilines is 2. The van der Waals surface area contributed by atoms with Gasteiger partial charge in [-0.15, -0.1) is 13.2 Å². The summed E-state index contributed by atoms with van der Waals surface area (Å²) < 4.78 is 76.4. The molecule has 0 bridgehead atoms. The molecule has 212 valence electrons. The van der Waals surface area contributed by atoms with Gasteiger partial charge >= 0.3 is 6.36 Å². The zero-order chi connectivity index (χ0) is 29.3. The number of carbonyl (C=O) groups is 3. The number of halogens is 5. The van der Waals surface area contributed by atoms with Crippen LogP contribution >= 0.6 is 11.3 Å². The molecule has 1 aliphatic rings. The quantitative estimate of drug-likeness (QED) is 0.231. The smallest absolute Gasteiger partial charge is 0.454 e. The van der Waals surface area contributed by atoms with Gasteiger partial charge in [-0.05, 0) is 29.8 Å². The van der Waals surface area contributed by atoms with Crippen LogP contribution in [-0.2, 0) is 20.8 Å². The number of nitrogens with zero attached hydrogens (tertiary/aromatic N) is 1. The minimum atomic E-state index is -4.90. The Kier molecular flexibility index (Phi) is 7.58. The van der Waals surface area contributed by atoms with Gasteiger partial charge in [0.25, 0.3) is 0 Å². The fraction of sp³-hybridized carbons (Fsp3) is 0.185. The number of aromatic nitrogens is 1. The molecule has 0 spiro atoms. The van der Waals surface area contributed by atoms with Crippen LogP contribution < -0.4 is 20.1 Å². The van der Waals surface area contributed by atoms with Crippen molar-refractivity contribution < 1.29 is 45.8 Å². The third kappa shape index (κ3) is 6.95. The fourth-order valence-corrected chi connectivity index (χ4v) is 4.85. The van der Waals surface area contributed by atoms with Crippen molar-refractivity contribution in [2.75, 3.05) is 10.6 Å². The number of Topliss-reactive ketones (excluding diaryl/α,β-unsaturated/α-hetero) is 1. The first-order valence-electron chi connectivity index (χ1n) is 12.0. The van der Waals surface area contributed by atoms with Crippen LogP contribution in [0.15, 0.2) is 54.6 Å². The van der Waals surface area contributed by atoms with Crippen molar-refractivity contribution in [3.63, 3.8) is 0 Å². The minimum Gasteiger partial charge on any atom is -0.454 e. The zero-order valence-corrected chi connectivity index (χ0v) is 21.5. The molecule has 5 rings (SSSR count). The van der Waals surface area contributed by atoms with Gasteiger partial charge in [0.1, 0.15) is 23.1 Å². The summed E-state index contributed by atoms with van der Waals surface area (Å²) >= 11 is 1.07. The van der Waals surface area contributed by atoms with E-state index >= 15 is 0 Å². The highest BCUT2D eigenvalue weighted by Crippen LogP contribution is 2.35. The summed E-state index contributed by atoms with van der Waals surface area (Å²) in [5, 5.41) is 5.16. The summed E-state index contributed by atoms with van der Waals surface area (Å²) in [6, 6.07) is 10.6. The molecule has 4 aromatic rings. The second kappa shape index (κ2) is 11.1. The van der Waals surface area contributed by atoms with Crippen molar-refractivity contribution in [2.24, 2.45) is 5.92 Å². The maximum absolute atomic E-state index is 14.8. The molecule has 0 atom stereocenters. The number of rotatable bonds is 8. The second-order valence-corrected chi connectivity index (χ2v) is 10.1. The molecule has 14 heteroatoms. The molecule has 1 heterocycles. The van der Waals surface area contributed by atoms with Crippen molar-refractivity contribution >= 4 is 50.0 Å². The summed E-state index contributed by atoms with van der Waals surface area (Å²) in [4.78, 5) is 40.0. The normalized spacial score (nSPS) is 13.5. The van der Waals surface area contributed by atoms with E-state index in [4.69, 9.17) is 4.74 Å². The Morgan fingerprint density at radius 3 is 2.49 bits per heavy atom. The van der Waals surface area contributed by atoms with Crippen molar-refractivity contribution in [1.29, 1.82) is 0 Å². The van der Waals surface area contributed by atoms with E-state index in [0.717, 1.165) is 41.7 Å². The first-order valence-corrected chi connectivity index (χ1v) is 12.8. The summed E-state index contributed by atoms with van der Waals surface area (Å²) in [6.07, 6.45) is -4.93. The number of alkyl halides is 3. The molecule has 2 amide bonds. The van der Waals surface area contributed by atoms with Crippen molar-refractivity contribution in [3.05, 3.63) is 71.8 Å². The molecule has 1 saturated carbocycles. The number of ketones is 1. The van der Waals surface area contributed by atoms with Crippen LogP contribution in [0, 0.1) is 17.6 Å². The largest absolute Gasteiger partial charge is 0.573 e. The van der Waals surface area contributed by atoms with E-state index in [1.165, 1.54) is 24.3 Å². The van der Waals surface area contributed by atoms with Crippen molar-refractivity contribution in [3.8, 4) is 17.2 Å². The van der Waals surface area contributed by atoms with Gasteiger partial charge in [-0.1, -0.05) is 23.5 Å². The number of hydrogen-bond acceptors (Lipinski definition) is 7. The molecule has 3 aromatic carbocycles. The molecular formula is C27H18F5N3O5S. The number of amides is 2. The van der Waals surface area contributed by atoms with E-state index in [2.05, 4.69) is 20.4 Å². The summed E-state index contributed by atoms with van der Waals surface area (Å²) in [7, 11) is 0. The number of nitrogens with one attached hydrogen (secondary N) is 2. The van der Waals surface area contributed by atoms with Gasteiger partial charge in [0, 0.05) is 31.0 Å². The summed E-state index contributed by atoms with van der Waals surface area (Å²) in [6.45, 7) is 0. The minimum absolute atomic E-state index is 0.00609. The lowest BCUT2D eigenvalue weighted by atomic mass is 9.83. The Balaban J connectivity index is 1.26. The van der Waals surface area contributed by atoms with E-state index < -0.39 is 35.6 Å². The van der Waals surface area contributed by atoms with E-state index in [1.54, 1.807) is 0 Å². The fourth-order valence-electron chi connectivity index (χ4n) is 3.97. The Hall–Kier alpha value is -4.59. The van der Waals surface area contributed by atoms with Crippen LogP contribution in [0.5, 0.6) is 17.2 Å². The predicted molar refractivity (Wildman–Crippen MR) is 138 cm³/mol. The number of fused-ring (bicyclic) bond motifs is 1. The molecule has 0 unspecified atom stereocenters. The first kappa shape index (κ1) is 28.0. The van der Waals surface area contributed by atoms with Gasteiger partial charge < -0.3 is 20.1 Å². The second-order valence-electron chi connectivity index (χ2n) is 9.07. The van der Waals surface area contributed by atoms with E-state index in [0.29, 0.717) is 4.70 Å². The molecule has 0 aliphatic heterocycles. The maximum Gasteiger partial charge on any atom is 0.573 e. The van der Waals surface area contributed by atoms with Gasteiger partial charge in [0.2, 0.25) is 11.8 Å². The van der Waals surface area contributed by atoms with Gasteiger partial charge in [-0.2, -0.15) is 0 Å².